The summed E-state index contributed by atoms with van der Waals surface area (Å²) < 4.78 is 127. The van der Waals surface area contributed by atoms with Crippen molar-refractivity contribution in [3.63, 3.8) is 0 Å². The maximum atomic E-state index is 12.1. The Hall–Kier alpha value is 1.54. The summed E-state index contributed by atoms with van der Waals surface area (Å²) in [5, 5.41) is 0. The average Bonchev–Trinajstić information content (AvgIpc) is 1.98. The number of rotatable bonds is 2. The molecule has 0 aromatic heterocycles. The molecule has 0 saturated carbocycles. The molecule has 0 aliphatic rings. The zero-order valence-electron chi connectivity index (χ0n) is 9.08. The zero-order chi connectivity index (χ0) is 14.5. The Balaban J connectivity index is -0.00000128. The van der Waals surface area contributed by atoms with E-state index in [1.165, 1.54) is 0 Å². The first kappa shape index (κ1) is 21.8. The largest absolute Gasteiger partial charge is 1.00 e. The molecule has 2 nitrogen and oxygen atoms in total. The van der Waals surface area contributed by atoms with Crippen LogP contribution in [0.1, 0.15) is 1.43 Å². The van der Waals surface area contributed by atoms with Crippen LogP contribution >= 0.6 is 7.37 Å². The fourth-order valence-corrected chi connectivity index (χ4v) is 1.56. The molecule has 0 aromatic rings. The Labute approximate surface area is 152 Å². The topological polar surface area (TPSA) is 37.3 Å². The number of hydrogen-bond acceptors (Lipinski definition) is 1. The van der Waals surface area contributed by atoms with E-state index in [2.05, 4.69) is 0 Å². The molecular weight excluding hydrogens is 434 g/mol. The molecule has 0 aliphatic heterocycles. The Morgan fingerprint density at radius 2 is 0.889 bits per heavy atom. The van der Waals surface area contributed by atoms with Crippen molar-refractivity contribution < 1.29 is 124 Å². The van der Waals surface area contributed by atoms with E-state index in [9.17, 15) is 48.5 Å². The van der Waals surface area contributed by atoms with Gasteiger partial charge in [0.1, 0.15) is 0 Å². The van der Waals surface area contributed by atoms with Gasteiger partial charge in [0, 0.05) is 0 Å². The third-order valence-corrected chi connectivity index (χ3v) is 3.47. The molecule has 0 amide bonds. The quantitative estimate of drug-likeness (QED) is 0.512. The molecular formula is C4H2CsF10O2P. The monoisotopic (exact) mass is 436 g/mol. The predicted molar refractivity (Wildman–Crippen MR) is 32.9 cm³/mol. The zero-order valence-corrected chi connectivity index (χ0v) is 15.3. The Bertz CT molecular complexity index is 320. The van der Waals surface area contributed by atoms with Gasteiger partial charge >= 0.3 is 99.9 Å². The van der Waals surface area contributed by atoms with E-state index in [4.69, 9.17) is 4.89 Å². The van der Waals surface area contributed by atoms with Gasteiger partial charge in [-0.15, -0.1) is 0 Å². The summed E-state index contributed by atoms with van der Waals surface area (Å²) in [5.74, 6) is 0. The molecule has 1 N–H and O–H groups in total. The molecule has 0 heterocycles. The average molecular weight is 436 g/mol. The van der Waals surface area contributed by atoms with Crippen molar-refractivity contribution in [1.82, 2.24) is 0 Å². The minimum absolute atomic E-state index is 0. The van der Waals surface area contributed by atoms with Crippen LogP contribution in [-0.4, -0.2) is 28.6 Å². The van der Waals surface area contributed by atoms with Crippen LogP contribution in [0, 0.1) is 0 Å². The van der Waals surface area contributed by atoms with Gasteiger partial charge in [-0.1, -0.05) is 0 Å². The van der Waals surface area contributed by atoms with Crippen molar-refractivity contribution in [2.24, 2.45) is 0 Å². The second kappa shape index (κ2) is 5.74. The number of hydrogen-bond donors (Lipinski definition) is 1. The van der Waals surface area contributed by atoms with Crippen LogP contribution in [0.25, 0.3) is 0 Å². The van der Waals surface area contributed by atoms with Gasteiger partial charge in [0.2, 0.25) is 0 Å². The van der Waals surface area contributed by atoms with E-state index in [0.29, 0.717) is 0 Å². The molecule has 18 heavy (non-hydrogen) atoms. The summed E-state index contributed by atoms with van der Waals surface area (Å²) in [7, 11) is -8.26. The van der Waals surface area contributed by atoms with Gasteiger partial charge in [-0.3, -0.25) is 4.57 Å². The normalized spacial score (nSPS) is 15.3. The van der Waals surface area contributed by atoms with E-state index in [-0.39, 0.29) is 70.3 Å². The van der Waals surface area contributed by atoms with Gasteiger partial charge in [-0.05, 0) is 0 Å². The second-order valence-corrected chi connectivity index (χ2v) is 4.93. The van der Waals surface area contributed by atoms with Crippen LogP contribution < -0.4 is 68.9 Å². The summed E-state index contributed by atoms with van der Waals surface area (Å²) >= 11 is 0. The Kier molecular flexibility index (Phi) is 6.96. The van der Waals surface area contributed by atoms with Gasteiger partial charge in [0.05, 0.1) is 0 Å². The SMILES string of the molecule is O=P(O)(C(F)(F)C(F)(F)F)C(F)(F)C(F)(F)F.[Cs+].[H-]. The Morgan fingerprint density at radius 1 is 0.722 bits per heavy atom. The third-order valence-electron chi connectivity index (χ3n) is 1.44. The smallest absolute Gasteiger partial charge is 1.00 e. The van der Waals surface area contributed by atoms with Crippen molar-refractivity contribution in [3.8, 4) is 0 Å². The van der Waals surface area contributed by atoms with Gasteiger partial charge in [0.15, 0.2) is 0 Å². The van der Waals surface area contributed by atoms with Crippen molar-refractivity contribution in [2.45, 2.75) is 23.7 Å². The third kappa shape index (κ3) is 3.41. The number of halogens is 10. The van der Waals surface area contributed by atoms with E-state index >= 15 is 0 Å². The van der Waals surface area contributed by atoms with Crippen LogP contribution in [-0.2, 0) is 4.57 Å². The maximum Gasteiger partial charge on any atom is 1.00 e. The fraction of sp³-hybridized carbons (Fsp3) is 1.00. The predicted octanol–water partition coefficient (Wildman–Crippen LogP) is 0.683. The second-order valence-electron chi connectivity index (χ2n) is 2.65. The Morgan fingerprint density at radius 3 is 1.00 bits per heavy atom. The minimum Gasteiger partial charge on any atom is -1.00 e. The van der Waals surface area contributed by atoms with E-state index < -0.39 is 31.0 Å². The standard InChI is InChI=1S/C4HF10O2P.Cs.H/c5-1(6,7)3(11,12)17(15,16)4(13,14)2(8,9)10;;/h(H,15,16);;/q;+1;-1. The summed E-state index contributed by atoms with van der Waals surface area (Å²) in [5.41, 5.74) is -14.2. The van der Waals surface area contributed by atoms with Crippen LogP contribution in [0.4, 0.5) is 43.9 Å². The number of alkyl halides is 10. The summed E-state index contributed by atoms with van der Waals surface area (Å²) in [4.78, 5) is 7.86. The van der Waals surface area contributed by atoms with Gasteiger partial charge in [0.25, 0.3) is 0 Å². The first-order valence-electron chi connectivity index (χ1n) is 3.22. The molecule has 0 radical (unpaired) electrons. The molecule has 0 atom stereocenters. The molecule has 14 heteroatoms. The van der Waals surface area contributed by atoms with Gasteiger partial charge < -0.3 is 6.32 Å². The molecule has 106 valence electrons. The van der Waals surface area contributed by atoms with Crippen molar-refractivity contribution in [3.05, 3.63) is 0 Å². The molecule has 0 fully saturated rings. The summed E-state index contributed by atoms with van der Waals surface area (Å²) in [6.07, 6.45) is -14.0. The molecule has 0 rings (SSSR count). The van der Waals surface area contributed by atoms with E-state index in [1.54, 1.807) is 0 Å². The van der Waals surface area contributed by atoms with Crippen molar-refractivity contribution >= 4 is 7.37 Å². The van der Waals surface area contributed by atoms with E-state index in [0.717, 1.165) is 0 Å². The summed E-state index contributed by atoms with van der Waals surface area (Å²) in [6, 6.07) is 0. The maximum absolute atomic E-state index is 12.1. The first-order valence-corrected chi connectivity index (χ1v) is 4.88. The fourth-order valence-electron chi connectivity index (χ4n) is 0.520. The van der Waals surface area contributed by atoms with Crippen LogP contribution in [0.3, 0.4) is 0 Å². The molecule has 0 bridgehead atoms. The van der Waals surface area contributed by atoms with Crippen molar-refractivity contribution in [1.29, 1.82) is 0 Å². The van der Waals surface area contributed by atoms with Crippen LogP contribution in [0.2, 0.25) is 0 Å². The molecule has 0 unspecified atom stereocenters. The minimum atomic E-state index is -8.26. The van der Waals surface area contributed by atoms with Crippen molar-refractivity contribution in [2.75, 3.05) is 0 Å². The molecule has 0 aliphatic carbocycles. The van der Waals surface area contributed by atoms with Crippen LogP contribution in [0.5, 0.6) is 0 Å². The van der Waals surface area contributed by atoms with Gasteiger partial charge in [-0.2, -0.15) is 43.9 Å². The first-order chi connectivity index (χ1) is 7.00. The molecule has 0 saturated heterocycles. The van der Waals surface area contributed by atoms with E-state index in [1.807, 2.05) is 0 Å². The summed E-state index contributed by atoms with van der Waals surface area (Å²) in [6.45, 7) is 0. The van der Waals surface area contributed by atoms with Crippen LogP contribution in [0.15, 0.2) is 0 Å². The van der Waals surface area contributed by atoms with Gasteiger partial charge in [-0.25, -0.2) is 0 Å². The molecule has 0 aromatic carbocycles. The molecule has 0 spiro atoms.